The Morgan fingerprint density at radius 2 is 0.652 bits per heavy atom. The minimum Gasteiger partial charge on any atom is -0.0622 e. The Hall–Kier alpha value is -5.98. The third-order valence-electron chi connectivity index (χ3n) is 9.42. The fraction of sp³-hybridized carbons (Fsp3) is 0. The second-order valence-electron chi connectivity index (χ2n) is 12.1. The molecule has 0 fully saturated rings. The Morgan fingerprint density at radius 1 is 0.217 bits per heavy atom. The standard InChI is InChI=1S/C46H30/c1-2-13-33(14-3-1)39-16-6-7-17-40(39)46-43-20-10-8-18-41(43)45(42-19-9-11-21-44(42)46)37-27-24-32-23-26-36(29-38(32)30-37)35-25-22-31-12-4-5-15-34(31)28-35/h1-30H. The third kappa shape index (κ3) is 4.38. The van der Waals surface area contributed by atoms with Crippen LogP contribution in [0.1, 0.15) is 0 Å². The van der Waals surface area contributed by atoms with Gasteiger partial charge in [-0.2, -0.15) is 0 Å². The quantitative estimate of drug-likeness (QED) is 0.181. The van der Waals surface area contributed by atoms with E-state index in [0.29, 0.717) is 0 Å². The smallest absolute Gasteiger partial charge is 0.00201 e. The van der Waals surface area contributed by atoms with Crippen LogP contribution >= 0.6 is 0 Å². The topological polar surface area (TPSA) is 0 Å². The van der Waals surface area contributed by atoms with Gasteiger partial charge in [0.15, 0.2) is 0 Å². The number of hydrogen-bond acceptors (Lipinski definition) is 0. The highest BCUT2D eigenvalue weighted by molar-refractivity contribution is 6.22. The van der Waals surface area contributed by atoms with Crippen molar-refractivity contribution in [3.05, 3.63) is 182 Å². The number of benzene rings is 9. The maximum Gasteiger partial charge on any atom is -0.00201 e. The highest BCUT2D eigenvalue weighted by Gasteiger charge is 2.19. The van der Waals surface area contributed by atoms with Crippen LogP contribution in [0.4, 0.5) is 0 Å². The molecule has 214 valence electrons. The molecule has 0 radical (unpaired) electrons. The SMILES string of the molecule is c1ccc(-c2ccccc2-c2c3ccccc3c(-c3ccc4ccc(-c5ccc6ccccc6c5)cc4c3)c3ccccc23)cc1. The molecule has 0 saturated heterocycles. The lowest BCUT2D eigenvalue weighted by Crippen LogP contribution is -1.92. The van der Waals surface area contributed by atoms with E-state index < -0.39 is 0 Å². The zero-order valence-corrected chi connectivity index (χ0v) is 25.3. The molecule has 9 aromatic carbocycles. The normalized spacial score (nSPS) is 11.5. The van der Waals surface area contributed by atoms with Crippen molar-refractivity contribution >= 4 is 43.1 Å². The molecule has 0 aliphatic carbocycles. The molecule has 0 unspecified atom stereocenters. The first-order valence-electron chi connectivity index (χ1n) is 15.9. The van der Waals surface area contributed by atoms with Gasteiger partial charge in [-0.05, 0) is 106 Å². The molecule has 0 bridgehead atoms. The summed E-state index contributed by atoms with van der Waals surface area (Å²) in [6, 6.07) is 66.6. The van der Waals surface area contributed by atoms with Crippen LogP contribution in [0.2, 0.25) is 0 Å². The van der Waals surface area contributed by atoms with Crippen LogP contribution in [-0.4, -0.2) is 0 Å². The summed E-state index contributed by atoms with van der Waals surface area (Å²) in [6.45, 7) is 0. The van der Waals surface area contributed by atoms with E-state index in [9.17, 15) is 0 Å². The van der Waals surface area contributed by atoms with Crippen molar-refractivity contribution in [3.8, 4) is 44.5 Å². The predicted octanol–water partition coefficient (Wildman–Crippen LogP) is 13.0. The largest absolute Gasteiger partial charge is 0.0622 e. The molecule has 0 amide bonds. The summed E-state index contributed by atoms with van der Waals surface area (Å²) in [7, 11) is 0. The molecule has 9 rings (SSSR count). The van der Waals surface area contributed by atoms with Crippen LogP contribution in [0.5, 0.6) is 0 Å². The van der Waals surface area contributed by atoms with Gasteiger partial charge in [-0.15, -0.1) is 0 Å². The molecule has 0 saturated carbocycles. The van der Waals surface area contributed by atoms with Crippen LogP contribution in [0.3, 0.4) is 0 Å². The van der Waals surface area contributed by atoms with Gasteiger partial charge in [0.25, 0.3) is 0 Å². The van der Waals surface area contributed by atoms with Crippen LogP contribution in [0, 0.1) is 0 Å². The molecular formula is C46H30. The van der Waals surface area contributed by atoms with E-state index in [1.54, 1.807) is 0 Å². The van der Waals surface area contributed by atoms with Crippen molar-refractivity contribution in [2.24, 2.45) is 0 Å². The second-order valence-corrected chi connectivity index (χ2v) is 12.1. The summed E-state index contributed by atoms with van der Waals surface area (Å²) in [4.78, 5) is 0. The first kappa shape index (κ1) is 26.4. The molecule has 0 heterocycles. The monoisotopic (exact) mass is 582 g/mol. The highest BCUT2D eigenvalue weighted by atomic mass is 14.2. The van der Waals surface area contributed by atoms with Gasteiger partial charge in [0.2, 0.25) is 0 Å². The lowest BCUT2D eigenvalue weighted by molar-refractivity contribution is 1.61. The predicted molar refractivity (Wildman–Crippen MR) is 198 cm³/mol. The van der Waals surface area contributed by atoms with E-state index in [2.05, 4.69) is 182 Å². The minimum absolute atomic E-state index is 1.23. The summed E-state index contributed by atoms with van der Waals surface area (Å²) in [5, 5.41) is 10.1. The molecule has 9 aromatic rings. The van der Waals surface area contributed by atoms with E-state index >= 15 is 0 Å². The zero-order valence-electron chi connectivity index (χ0n) is 25.3. The van der Waals surface area contributed by atoms with Crippen LogP contribution in [0.25, 0.3) is 87.6 Å². The molecule has 0 spiro atoms. The molecule has 0 aliphatic rings. The first-order valence-corrected chi connectivity index (χ1v) is 15.9. The summed E-state index contributed by atoms with van der Waals surface area (Å²) in [5.41, 5.74) is 10.0. The Balaban J connectivity index is 1.28. The molecular weight excluding hydrogens is 553 g/mol. The first-order chi connectivity index (χ1) is 22.8. The van der Waals surface area contributed by atoms with Crippen molar-refractivity contribution in [2.45, 2.75) is 0 Å². The van der Waals surface area contributed by atoms with Crippen molar-refractivity contribution in [1.82, 2.24) is 0 Å². The molecule has 0 atom stereocenters. The van der Waals surface area contributed by atoms with Gasteiger partial charge in [0, 0.05) is 0 Å². The Morgan fingerprint density at radius 3 is 1.30 bits per heavy atom. The molecule has 0 N–H and O–H groups in total. The average Bonchev–Trinajstić information content (AvgIpc) is 3.13. The van der Waals surface area contributed by atoms with Gasteiger partial charge in [0.1, 0.15) is 0 Å². The molecule has 0 nitrogen and oxygen atoms in total. The number of hydrogen-bond donors (Lipinski definition) is 0. The number of fused-ring (bicyclic) bond motifs is 4. The van der Waals surface area contributed by atoms with Crippen molar-refractivity contribution in [2.75, 3.05) is 0 Å². The third-order valence-corrected chi connectivity index (χ3v) is 9.42. The minimum atomic E-state index is 1.23. The summed E-state index contributed by atoms with van der Waals surface area (Å²) in [5.74, 6) is 0. The van der Waals surface area contributed by atoms with E-state index in [-0.39, 0.29) is 0 Å². The Labute approximate surface area is 268 Å². The van der Waals surface area contributed by atoms with Gasteiger partial charge in [-0.1, -0.05) is 164 Å². The maximum atomic E-state index is 2.38. The van der Waals surface area contributed by atoms with Gasteiger partial charge in [-0.3, -0.25) is 0 Å². The summed E-state index contributed by atoms with van der Waals surface area (Å²) >= 11 is 0. The van der Waals surface area contributed by atoms with Gasteiger partial charge in [-0.25, -0.2) is 0 Å². The van der Waals surface area contributed by atoms with E-state index in [1.807, 2.05) is 0 Å². The average molecular weight is 583 g/mol. The number of rotatable bonds is 4. The van der Waals surface area contributed by atoms with Crippen molar-refractivity contribution in [1.29, 1.82) is 0 Å². The molecule has 0 heteroatoms. The highest BCUT2D eigenvalue weighted by Crippen LogP contribution is 2.46. The zero-order chi connectivity index (χ0) is 30.5. The molecule has 46 heavy (non-hydrogen) atoms. The summed E-state index contributed by atoms with van der Waals surface area (Å²) < 4.78 is 0. The Bertz CT molecular complexity index is 2520. The lowest BCUT2D eigenvalue weighted by Gasteiger charge is -2.20. The van der Waals surface area contributed by atoms with Crippen molar-refractivity contribution in [3.63, 3.8) is 0 Å². The second kappa shape index (κ2) is 10.9. The van der Waals surface area contributed by atoms with Gasteiger partial charge in [0.05, 0.1) is 0 Å². The maximum absolute atomic E-state index is 2.38. The van der Waals surface area contributed by atoms with E-state index in [4.69, 9.17) is 0 Å². The van der Waals surface area contributed by atoms with Gasteiger partial charge >= 0.3 is 0 Å². The van der Waals surface area contributed by atoms with E-state index in [0.717, 1.165) is 0 Å². The lowest BCUT2D eigenvalue weighted by atomic mass is 9.83. The van der Waals surface area contributed by atoms with Crippen molar-refractivity contribution < 1.29 is 0 Å². The van der Waals surface area contributed by atoms with Gasteiger partial charge < -0.3 is 0 Å². The fourth-order valence-corrected chi connectivity index (χ4v) is 7.25. The molecule has 0 aromatic heterocycles. The molecule has 0 aliphatic heterocycles. The fourth-order valence-electron chi connectivity index (χ4n) is 7.25. The van der Waals surface area contributed by atoms with Crippen LogP contribution in [-0.2, 0) is 0 Å². The van der Waals surface area contributed by atoms with Crippen LogP contribution in [0.15, 0.2) is 182 Å². The Kier molecular flexibility index (Phi) is 6.25. The summed E-state index contributed by atoms with van der Waals surface area (Å²) in [6.07, 6.45) is 0. The van der Waals surface area contributed by atoms with Crippen LogP contribution < -0.4 is 0 Å². The van der Waals surface area contributed by atoms with E-state index in [1.165, 1.54) is 87.6 Å².